The van der Waals surface area contributed by atoms with E-state index < -0.39 is 0 Å². The maximum Gasteiger partial charge on any atom is 0.136 e. The summed E-state index contributed by atoms with van der Waals surface area (Å²) in [6.45, 7) is 1.46. The first-order valence-electron chi connectivity index (χ1n) is 6.39. The van der Waals surface area contributed by atoms with Crippen LogP contribution in [0.3, 0.4) is 0 Å². The van der Waals surface area contributed by atoms with Crippen molar-refractivity contribution in [1.82, 2.24) is 9.47 Å². The number of nitrogens with zero attached hydrogens (tertiary/aromatic N) is 3. The van der Waals surface area contributed by atoms with Crippen LogP contribution in [0.1, 0.15) is 11.3 Å². The molecule has 0 saturated heterocycles. The van der Waals surface area contributed by atoms with Crippen LogP contribution < -0.4 is 0 Å². The van der Waals surface area contributed by atoms with Crippen molar-refractivity contribution < 1.29 is 4.84 Å². The molecule has 0 fully saturated rings. The van der Waals surface area contributed by atoms with E-state index in [4.69, 9.17) is 4.84 Å². The van der Waals surface area contributed by atoms with Crippen molar-refractivity contribution in [3.8, 4) is 5.69 Å². The Kier molecular flexibility index (Phi) is 3.09. The van der Waals surface area contributed by atoms with Crippen molar-refractivity contribution in [3.05, 3.63) is 53.9 Å². The zero-order chi connectivity index (χ0) is 13.2. The van der Waals surface area contributed by atoms with Gasteiger partial charge in [-0.25, -0.2) is 0 Å². The van der Waals surface area contributed by atoms with E-state index in [0.717, 1.165) is 29.2 Å². The fraction of sp³-hybridized carbons (Fsp3) is 0.267. The number of likely N-dealkylation sites (N-methyl/N-ethyl adjacent to an activating group) is 1. The first kappa shape index (κ1) is 12.0. The van der Waals surface area contributed by atoms with Gasteiger partial charge < -0.3 is 14.3 Å². The van der Waals surface area contributed by atoms with Gasteiger partial charge in [0.05, 0.1) is 11.4 Å². The highest BCUT2D eigenvalue weighted by Gasteiger charge is 2.24. The molecule has 2 aromatic rings. The fourth-order valence-corrected chi connectivity index (χ4v) is 2.24. The van der Waals surface area contributed by atoms with Crippen molar-refractivity contribution in [2.45, 2.75) is 0 Å². The fourth-order valence-electron chi connectivity index (χ4n) is 2.24. The number of rotatable bonds is 4. The predicted molar refractivity (Wildman–Crippen MR) is 75.9 cm³/mol. The van der Waals surface area contributed by atoms with Gasteiger partial charge in [-0.2, -0.15) is 0 Å². The van der Waals surface area contributed by atoms with Crippen molar-refractivity contribution >= 4 is 5.71 Å². The summed E-state index contributed by atoms with van der Waals surface area (Å²) in [4.78, 5) is 7.52. The highest BCUT2D eigenvalue weighted by atomic mass is 16.6. The molecule has 3 rings (SSSR count). The molecular formula is C15H17N3O. The van der Waals surface area contributed by atoms with Gasteiger partial charge in [-0.1, -0.05) is 23.4 Å². The van der Waals surface area contributed by atoms with Crippen molar-refractivity contribution in [2.75, 3.05) is 27.2 Å². The van der Waals surface area contributed by atoms with Crippen molar-refractivity contribution in [2.24, 2.45) is 5.16 Å². The summed E-state index contributed by atoms with van der Waals surface area (Å²) in [7, 11) is 4.04. The second-order valence-electron chi connectivity index (χ2n) is 4.86. The molecule has 1 aromatic carbocycles. The number of para-hydroxylation sites is 1. The Morgan fingerprint density at radius 3 is 2.84 bits per heavy atom. The van der Waals surface area contributed by atoms with E-state index in [0.29, 0.717) is 6.61 Å². The molecule has 0 bridgehead atoms. The Bertz CT molecular complexity index is 613. The smallest absolute Gasteiger partial charge is 0.136 e. The molecule has 0 saturated carbocycles. The SMILES string of the molecule is CN(C)CCON=C1c2ccccc2-n2cccc21. The molecule has 1 aliphatic rings. The van der Waals surface area contributed by atoms with E-state index in [1.807, 2.05) is 32.3 Å². The molecule has 0 spiro atoms. The Hall–Kier alpha value is -2.07. The van der Waals surface area contributed by atoms with Gasteiger partial charge in [0, 0.05) is 18.3 Å². The third-order valence-corrected chi connectivity index (χ3v) is 3.20. The van der Waals surface area contributed by atoms with Gasteiger partial charge in [0.1, 0.15) is 12.3 Å². The third-order valence-electron chi connectivity index (χ3n) is 3.20. The van der Waals surface area contributed by atoms with Gasteiger partial charge in [-0.05, 0) is 32.3 Å². The lowest BCUT2D eigenvalue weighted by Crippen LogP contribution is -2.17. The van der Waals surface area contributed by atoms with Crippen LogP contribution >= 0.6 is 0 Å². The van der Waals surface area contributed by atoms with E-state index in [1.54, 1.807) is 0 Å². The van der Waals surface area contributed by atoms with E-state index in [1.165, 1.54) is 0 Å². The minimum absolute atomic E-state index is 0.597. The topological polar surface area (TPSA) is 29.8 Å². The summed E-state index contributed by atoms with van der Waals surface area (Å²) < 4.78 is 2.14. The molecule has 0 amide bonds. The molecule has 4 nitrogen and oxygen atoms in total. The highest BCUT2D eigenvalue weighted by Crippen LogP contribution is 2.28. The van der Waals surface area contributed by atoms with Crippen LogP contribution in [0.2, 0.25) is 0 Å². The largest absolute Gasteiger partial charge is 0.394 e. The number of hydrogen-bond acceptors (Lipinski definition) is 3. The highest BCUT2D eigenvalue weighted by molar-refractivity contribution is 6.17. The van der Waals surface area contributed by atoms with E-state index in [9.17, 15) is 0 Å². The monoisotopic (exact) mass is 255 g/mol. The van der Waals surface area contributed by atoms with Crippen LogP contribution in [0.4, 0.5) is 0 Å². The first-order chi connectivity index (χ1) is 9.27. The normalized spacial score (nSPS) is 14.8. The van der Waals surface area contributed by atoms with Crippen LogP contribution in [-0.4, -0.2) is 42.4 Å². The zero-order valence-corrected chi connectivity index (χ0v) is 11.2. The second-order valence-corrected chi connectivity index (χ2v) is 4.86. The van der Waals surface area contributed by atoms with E-state index in [-0.39, 0.29) is 0 Å². The molecule has 0 unspecified atom stereocenters. The van der Waals surface area contributed by atoms with E-state index in [2.05, 4.69) is 39.0 Å². The van der Waals surface area contributed by atoms with Gasteiger partial charge in [0.2, 0.25) is 0 Å². The molecule has 0 aliphatic carbocycles. The molecule has 19 heavy (non-hydrogen) atoms. The Morgan fingerprint density at radius 1 is 1.16 bits per heavy atom. The zero-order valence-electron chi connectivity index (χ0n) is 11.2. The average Bonchev–Trinajstić information content (AvgIpc) is 2.96. The lowest BCUT2D eigenvalue weighted by molar-refractivity contribution is 0.126. The van der Waals surface area contributed by atoms with Crippen molar-refractivity contribution in [3.63, 3.8) is 0 Å². The summed E-state index contributed by atoms with van der Waals surface area (Å²) in [5, 5.41) is 4.32. The molecule has 1 aliphatic heterocycles. The Labute approximate surface area is 112 Å². The Morgan fingerprint density at radius 2 is 2.00 bits per heavy atom. The van der Waals surface area contributed by atoms with Crippen LogP contribution in [0, 0.1) is 0 Å². The first-order valence-corrected chi connectivity index (χ1v) is 6.39. The summed E-state index contributed by atoms with van der Waals surface area (Å²) >= 11 is 0. The number of fused-ring (bicyclic) bond motifs is 3. The molecule has 2 heterocycles. The summed E-state index contributed by atoms with van der Waals surface area (Å²) in [5.41, 5.74) is 4.30. The standard InChI is InChI=1S/C15H17N3O/c1-17(2)10-11-19-16-15-12-6-3-4-7-13(12)18-9-5-8-14(15)18/h3-9H,10-11H2,1-2H3. The van der Waals surface area contributed by atoms with Gasteiger partial charge in [0.25, 0.3) is 0 Å². The van der Waals surface area contributed by atoms with Crippen molar-refractivity contribution in [1.29, 1.82) is 0 Å². The maximum absolute atomic E-state index is 5.44. The predicted octanol–water partition coefficient (Wildman–Crippen LogP) is 2.12. The van der Waals surface area contributed by atoms with Crippen LogP contribution in [0.25, 0.3) is 5.69 Å². The quantitative estimate of drug-likeness (QED) is 0.528. The third kappa shape index (κ3) is 2.15. The second kappa shape index (κ2) is 4.90. The number of aromatic nitrogens is 1. The minimum atomic E-state index is 0.597. The van der Waals surface area contributed by atoms with Gasteiger partial charge >= 0.3 is 0 Å². The molecule has 0 N–H and O–H groups in total. The molecule has 0 atom stereocenters. The van der Waals surface area contributed by atoms with Crippen LogP contribution in [0.5, 0.6) is 0 Å². The molecule has 4 heteroatoms. The lowest BCUT2D eigenvalue weighted by Gasteiger charge is -2.07. The van der Waals surface area contributed by atoms with E-state index >= 15 is 0 Å². The lowest BCUT2D eigenvalue weighted by atomic mass is 10.1. The van der Waals surface area contributed by atoms with Gasteiger partial charge in [0.15, 0.2) is 0 Å². The average molecular weight is 255 g/mol. The van der Waals surface area contributed by atoms with Crippen LogP contribution in [0.15, 0.2) is 47.8 Å². The number of benzene rings is 1. The molecule has 0 radical (unpaired) electrons. The molecule has 98 valence electrons. The summed E-state index contributed by atoms with van der Waals surface area (Å²) in [6.07, 6.45) is 2.05. The number of hydrogen-bond donors (Lipinski definition) is 0. The van der Waals surface area contributed by atoms with Gasteiger partial charge in [-0.3, -0.25) is 0 Å². The molecular weight excluding hydrogens is 238 g/mol. The van der Waals surface area contributed by atoms with Gasteiger partial charge in [-0.15, -0.1) is 0 Å². The van der Waals surface area contributed by atoms with Crippen LogP contribution in [-0.2, 0) is 4.84 Å². The summed E-state index contributed by atoms with van der Waals surface area (Å²) in [5.74, 6) is 0. The minimum Gasteiger partial charge on any atom is -0.394 e. The number of oxime groups is 1. The summed E-state index contributed by atoms with van der Waals surface area (Å²) in [6, 6.07) is 12.3. The molecule has 1 aromatic heterocycles. The Balaban J connectivity index is 1.88. The maximum atomic E-state index is 5.44.